The summed E-state index contributed by atoms with van der Waals surface area (Å²) in [4.78, 5) is 15.4. The van der Waals surface area contributed by atoms with Gasteiger partial charge in [0.15, 0.2) is 0 Å². The summed E-state index contributed by atoms with van der Waals surface area (Å²) in [5.74, 6) is 2.44. The first-order valence-corrected chi connectivity index (χ1v) is 6.74. The molecule has 2 aromatic heterocycles. The number of rotatable bonds is 4. The minimum atomic E-state index is 0.250. The van der Waals surface area contributed by atoms with E-state index in [1.807, 2.05) is 32.2 Å². The van der Waals surface area contributed by atoms with Crippen LogP contribution < -0.4 is 10.6 Å². The first-order chi connectivity index (χ1) is 9.49. The summed E-state index contributed by atoms with van der Waals surface area (Å²) in [6.07, 6.45) is 1.80. The Hall–Kier alpha value is -2.17. The minimum Gasteiger partial charge on any atom is -0.383 e. The van der Waals surface area contributed by atoms with E-state index in [1.165, 1.54) is 0 Å². The minimum absolute atomic E-state index is 0.250. The molecule has 106 valence electrons. The maximum atomic E-state index is 6.00. The van der Waals surface area contributed by atoms with Crippen LogP contribution in [0.25, 0.3) is 0 Å². The molecule has 0 spiro atoms. The molecule has 0 aliphatic carbocycles. The van der Waals surface area contributed by atoms with Gasteiger partial charge in [0.2, 0.25) is 0 Å². The normalized spacial score (nSPS) is 10.8. The fourth-order valence-corrected chi connectivity index (χ4v) is 1.98. The molecule has 5 heteroatoms. The standard InChI is InChI=1S/C15H21N5/c1-10(2)14-18-13(16)11(3)15(19-14)20(4)9-12-7-5-6-8-17-12/h5-8,10H,9H2,1-4H3,(H2,16,18,19). The lowest BCUT2D eigenvalue weighted by Crippen LogP contribution is -2.21. The Morgan fingerprint density at radius 2 is 2.00 bits per heavy atom. The Labute approximate surface area is 119 Å². The number of anilines is 2. The zero-order valence-electron chi connectivity index (χ0n) is 12.5. The summed E-state index contributed by atoms with van der Waals surface area (Å²) in [5.41, 5.74) is 7.90. The number of aromatic nitrogens is 3. The molecule has 0 aliphatic rings. The number of nitrogen functional groups attached to an aromatic ring is 1. The van der Waals surface area contributed by atoms with Crippen molar-refractivity contribution in [3.05, 3.63) is 41.5 Å². The van der Waals surface area contributed by atoms with Gasteiger partial charge in [-0.05, 0) is 19.1 Å². The molecular formula is C15H21N5. The van der Waals surface area contributed by atoms with Gasteiger partial charge < -0.3 is 10.6 Å². The van der Waals surface area contributed by atoms with Crippen LogP contribution in [-0.4, -0.2) is 22.0 Å². The van der Waals surface area contributed by atoms with E-state index in [2.05, 4.69) is 33.7 Å². The molecule has 20 heavy (non-hydrogen) atoms. The van der Waals surface area contributed by atoms with Crippen LogP contribution in [0, 0.1) is 6.92 Å². The Balaban J connectivity index is 2.31. The molecule has 0 fully saturated rings. The van der Waals surface area contributed by atoms with Gasteiger partial charge in [-0.15, -0.1) is 0 Å². The van der Waals surface area contributed by atoms with Crippen molar-refractivity contribution in [3.8, 4) is 0 Å². The van der Waals surface area contributed by atoms with Crippen LogP contribution in [-0.2, 0) is 6.54 Å². The Morgan fingerprint density at radius 1 is 1.25 bits per heavy atom. The summed E-state index contributed by atoms with van der Waals surface area (Å²) in [7, 11) is 1.99. The fraction of sp³-hybridized carbons (Fsp3) is 0.400. The maximum Gasteiger partial charge on any atom is 0.137 e. The SMILES string of the molecule is Cc1c(N)nc(C(C)C)nc1N(C)Cc1ccccn1. The van der Waals surface area contributed by atoms with Crippen molar-refractivity contribution in [1.82, 2.24) is 15.0 Å². The summed E-state index contributed by atoms with van der Waals surface area (Å²) < 4.78 is 0. The lowest BCUT2D eigenvalue weighted by Gasteiger charge is -2.21. The highest BCUT2D eigenvalue weighted by molar-refractivity contribution is 5.56. The van der Waals surface area contributed by atoms with Gasteiger partial charge in [-0.25, -0.2) is 9.97 Å². The zero-order valence-corrected chi connectivity index (χ0v) is 12.5. The van der Waals surface area contributed by atoms with Gasteiger partial charge in [0.05, 0.1) is 12.2 Å². The second kappa shape index (κ2) is 5.86. The third kappa shape index (κ3) is 3.04. The first kappa shape index (κ1) is 14.2. The summed E-state index contributed by atoms with van der Waals surface area (Å²) in [6, 6.07) is 5.89. The monoisotopic (exact) mass is 271 g/mol. The highest BCUT2D eigenvalue weighted by Gasteiger charge is 2.14. The summed E-state index contributed by atoms with van der Waals surface area (Å²) >= 11 is 0. The van der Waals surface area contributed by atoms with E-state index in [0.29, 0.717) is 12.4 Å². The van der Waals surface area contributed by atoms with E-state index in [4.69, 9.17) is 5.73 Å². The van der Waals surface area contributed by atoms with Crippen molar-refractivity contribution < 1.29 is 0 Å². The number of nitrogens with zero attached hydrogens (tertiary/aromatic N) is 4. The van der Waals surface area contributed by atoms with E-state index >= 15 is 0 Å². The molecule has 2 rings (SSSR count). The smallest absolute Gasteiger partial charge is 0.137 e. The Kier molecular flexibility index (Phi) is 4.17. The quantitative estimate of drug-likeness (QED) is 0.925. The lowest BCUT2D eigenvalue weighted by molar-refractivity contribution is 0.758. The number of hydrogen-bond donors (Lipinski definition) is 1. The van der Waals surface area contributed by atoms with Gasteiger partial charge >= 0.3 is 0 Å². The largest absolute Gasteiger partial charge is 0.383 e. The summed E-state index contributed by atoms with van der Waals surface area (Å²) in [5, 5.41) is 0. The maximum absolute atomic E-state index is 6.00. The number of pyridine rings is 1. The van der Waals surface area contributed by atoms with E-state index < -0.39 is 0 Å². The van der Waals surface area contributed by atoms with Gasteiger partial charge in [0, 0.05) is 24.7 Å². The number of nitrogens with two attached hydrogens (primary N) is 1. The third-order valence-electron chi connectivity index (χ3n) is 3.18. The molecule has 0 amide bonds. The molecule has 2 N–H and O–H groups in total. The van der Waals surface area contributed by atoms with E-state index in [0.717, 1.165) is 22.9 Å². The molecule has 0 bridgehead atoms. The molecule has 0 unspecified atom stereocenters. The predicted octanol–water partition coefficient (Wildman–Crippen LogP) is 2.52. The van der Waals surface area contributed by atoms with Crippen molar-refractivity contribution >= 4 is 11.6 Å². The molecule has 0 atom stereocenters. The average molecular weight is 271 g/mol. The highest BCUT2D eigenvalue weighted by Crippen LogP contribution is 2.24. The van der Waals surface area contributed by atoms with Gasteiger partial charge in [-0.1, -0.05) is 19.9 Å². The van der Waals surface area contributed by atoms with Gasteiger partial charge in [-0.2, -0.15) is 0 Å². The van der Waals surface area contributed by atoms with Crippen molar-refractivity contribution in [2.75, 3.05) is 17.7 Å². The van der Waals surface area contributed by atoms with Crippen LogP contribution in [0.5, 0.6) is 0 Å². The van der Waals surface area contributed by atoms with Gasteiger partial charge in [0.1, 0.15) is 17.5 Å². The second-order valence-corrected chi connectivity index (χ2v) is 5.25. The van der Waals surface area contributed by atoms with E-state index in [9.17, 15) is 0 Å². The van der Waals surface area contributed by atoms with Crippen LogP contribution in [0.4, 0.5) is 11.6 Å². The zero-order chi connectivity index (χ0) is 14.7. The van der Waals surface area contributed by atoms with Gasteiger partial charge in [0.25, 0.3) is 0 Å². The molecule has 2 heterocycles. The molecule has 0 aliphatic heterocycles. The number of hydrogen-bond acceptors (Lipinski definition) is 5. The Morgan fingerprint density at radius 3 is 2.60 bits per heavy atom. The topological polar surface area (TPSA) is 67.9 Å². The van der Waals surface area contributed by atoms with Crippen LogP contribution in [0.3, 0.4) is 0 Å². The molecular weight excluding hydrogens is 250 g/mol. The molecule has 0 saturated carbocycles. The average Bonchev–Trinajstić information content (AvgIpc) is 2.42. The fourth-order valence-electron chi connectivity index (χ4n) is 1.98. The van der Waals surface area contributed by atoms with Crippen molar-refractivity contribution in [2.45, 2.75) is 33.2 Å². The first-order valence-electron chi connectivity index (χ1n) is 6.74. The van der Waals surface area contributed by atoms with E-state index in [1.54, 1.807) is 6.20 Å². The van der Waals surface area contributed by atoms with E-state index in [-0.39, 0.29) is 5.92 Å². The molecule has 5 nitrogen and oxygen atoms in total. The van der Waals surface area contributed by atoms with Crippen LogP contribution in [0.15, 0.2) is 24.4 Å². The van der Waals surface area contributed by atoms with Crippen molar-refractivity contribution in [1.29, 1.82) is 0 Å². The molecule has 0 radical (unpaired) electrons. The second-order valence-electron chi connectivity index (χ2n) is 5.25. The molecule has 2 aromatic rings. The molecule has 0 aromatic carbocycles. The summed E-state index contributed by atoms with van der Waals surface area (Å²) in [6.45, 7) is 6.76. The van der Waals surface area contributed by atoms with Crippen LogP contribution in [0.2, 0.25) is 0 Å². The van der Waals surface area contributed by atoms with Crippen molar-refractivity contribution in [2.24, 2.45) is 0 Å². The highest BCUT2D eigenvalue weighted by atomic mass is 15.2. The van der Waals surface area contributed by atoms with Gasteiger partial charge in [-0.3, -0.25) is 4.98 Å². The van der Waals surface area contributed by atoms with Crippen molar-refractivity contribution in [3.63, 3.8) is 0 Å². The van der Waals surface area contributed by atoms with Crippen LogP contribution in [0.1, 0.15) is 36.8 Å². The Bertz CT molecular complexity index is 580. The predicted molar refractivity (Wildman–Crippen MR) is 81.6 cm³/mol. The third-order valence-corrected chi connectivity index (χ3v) is 3.18. The molecule has 0 saturated heterocycles. The lowest BCUT2D eigenvalue weighted by atomic mass is 10.2. The van der Waals surface area contributed by atoms with Crippen LogP contribution >= 0.6 is 0 Å².